The summed E-state index contributed by atoms with van der Waals surface area (Å²) in [5, 5.41) is 0.816. The lowest BCUT2D eigenvalue weighted by atomic mass is 9.87. The van der Waals surface area contributed by atoms with Crippen LogP contribution >= 0.6 is 11.8 Å². The number of rotatable bonds is 4. The van der Waals surface area contributed by atoms with Gasteiger partial charge in [0, 0.05) is 16.2 Å². The van der Waals surface area contributed by atoms with Crippen LogP contribution in [0.1, 0.15) is 57.6 Å². The second kappa shape index (κ2) is 6.63. The molecule has 1 aliphatic carbocycles. The Morgan fingerprint density at radius 1 is 1.28 bits per heavy atom. The standard InChI is InChI=1S/C16H25NS/c1-3-13-7-9-15(10-8-13)18-16-6-4-5-14(11-16)12(2)17/h4-6,11-13,15H,3,7-10,17H2,1-2H3. The maximum absolute atomic E-state index is 5.94. The van der Waals surface area contributed by atoms with E-state index in [1.807, 2.05) is 0 Å². The first-order valence-corrected chi connectivity index (χ1v) is 8.09. The molecule has 0 spiro atoms. The van der Waals surface area contributed by atoms with Gasteiger partial charge in [0.15, 0.2) is 0 Å². The highest BCUT2D eigenvalue weighted by molar-refractivity contribution is 8.00. The maximum Gasteiger partial charge on any atom is 0.0266 e. The summed E-state index contributed by atoms with van der Waals surface area (Å²) in [5.41, 5.74) is 7.19. The monoisotopic (exact) mass is 263 g/mol. The van der Waals surface area contributed by atoms with Gasteiger partial charge in [-0.2, -0.15) is 0 Å². The summed E-state index contributed by atoms with van der Waals surface area (Å²) in [7, 11) is 0. The van der Waals surface area contributed by atoms with Gasteiger partial charge in [-0.05, 0) is 56.2 Å². The van der Waals surface area contributed by atoms with Gasteiger partial charge in [0.05, 0.1) is 0 Å². The van der Waals surface area contributed by atoms with Crippen LogP contribution in [-0.4, -0.2) is 5.25 Å². The molecular weight excluding hydrogens is 238 g/mol. The lowest BCUT2D eigenvalue weighted by molar-refractivity contribution is 0.356. The third-order valence-corrected chi connectivity index (χ3v) is 5.39. The Balaban J connectivity index is 1.92. The number of benzene rings is 1. The Kier molecular flexibility index (Phi) is 5.13. The molecule has 2 N–H and O–H groups in total. The van der Waals surface area contributed by atoms with Crippen molar-refractivity contribution >= 4 is 11.8 Å². The normalized spacial score (nSPS) is 25.9. The highest BCUT2D eigenvalue weighted by atomic mass is 32.2. The summed E-state index contributed by atoms with van der Waals surface area (Å²) in [6.07, 6.45) is 6.96. The van der Waals surface area contributed by atoms with E-state index < -0.39 is 0 Å². The van der Waals surface area contributed by atoms with Crippen molar-refractivity contribution < 1.29 is 0 Å². The van der Waals surface area contributed by atoms with Crippen LogP contribution < -0.4 is 5.73 Å². The molecular formula is C16H25NS. The third kappa shape index (κ3) is 3.76. The zero-order valence-electron chi connectivity index (χ0n) is 11.6. The molecule has 1 atom stereocenters. The average Bonchev–Trinajstić information content (AvgIpc) is 2.40. The number of hydrogen-bond donors (Lipinski definition) is 1. The molecule has 0 bridgehead atoms. The van der Waals surface area contributed by atoms with Gasteiger partial charge in [-0.3, -0.25) is 0 Å². The fourth-order valence-electron chi connectivity index (χ4n) is 2.72. The molecule has 100 valence electrons. The van der Waals surface area contributed by atoms with E-state index in [2.05, 4.69) is 49.9 Å². The molecule has 0 heterocycles. The molecule has 1 aromatic carbocycles. The van der Waals surface area contributed by atoms with Crippen molar-refractivity contribution in [2.75, 3.05) is 0 Å². The van der Waals surface area contributed by atoms with Crippen molar-refractivity contribution in [2.45, 2.75) is 62.1 Å². The van der Waals surface area contributed by atoms with E-state index in [0.717, 1.165) is 11.2 Å². The van der Waals surface area contributed by atoms with E-state index in [4.69, 9.17) is 5.73 Å². The maximum atomic E-state index is 5.94. The topological polar surface area (TPSA) is 26.0 Å². The minimum absolute atomic E-state index is 0.140. The number of hydrogen-bond acceptors (Lipinski definition) is 2. The van der Waals surface area contributed by atoms with Crippen LogP contribution in [0.4, 0.5) is 0 Å². The molecule has 2 rings (SSSR count). The highest BCUT2D eigenvalue weighted by Crippen LogP contribution is 2.37. The predicted molar refractivity (Wildman–Crippen MR) is 80.9 cm³/mol. The van der Waals surface area contributed by atoms with E-state index in [9.17, 15) is 0 Å². The molecule has 2 heteroatoms. The molecule has 0 radical (unpaired) electrons. The molecule has 1 saturated carbocycles. The molecule has 18 heavy (non-hydrogen) atoms. The molecule has 0 amide bonds. The molecule has 1 nitrogen and oxygen atoms in total. The zero-order valence-corrected chi connectivity index (χ0v) is 12.4. The van der Waals surface area contributed by atoms with Crippen LogP contribution in [0.3, 0.4) is 0 Å². The molecule has 1 unspecified atom stereocenters. The van der Waals surface area contributed by atoms with Gasteiger partial charge in [-0.1, -0.05) is 25.5 Å². The molecule has 1 aliphatic rings. The summed E-state index contributed by atoms with van der Waals surface area (Å²) in [6, 6.07) is 8.90. The van der Waals surface area contributed by atoms with Crippen molar-refractivity contribution in [1.29, 1.82) is 0 Å². The first-order chi connectivity index (χ1) is 8.69. The van der Waals surface area contributed by atoms with Crippen LogP contribution in [0.25, 0.3) is 0 Å². The van der Waals surface area contributed by atoms with Crippen LogP contribution in [0, 0.1) is 5.92 Å². The third-order valence-electron chi connectivity index (χ3n) is 4.06. The van der Waals surface area contributed by atoms with Crippen molar-refractivity contribution in [3.63, 3.8) is 0 Å². The second-order valence-electron chi connectivity index (χ2n) is 5.53. The van der Waals surface area contributed by atoms with Crippen LogP contribution in [0.15, 0.2) is 29.2 Å². The van der Waals surface area contributed by atoms with E-state index in [1.54, 1.807) is 0 Å². The molecule has 1 fully saturated rings. The van der Waals surface area contributed by atoms with E-state index in [1.165, 1.54) is 42.6 Å². The van der Waals surface area contributed by atoms with E-state index in [0.29, 0.717) is 0 Å². The summed E-state index contributed by atoms with van der Waals surface area (Å²) in [5.74, 6) is 0.984. The van der Waals surface area contributed by atoms with E-state index >= 15 is 0 Å². The minimum atomic E-state index is 0.140. The molecule has 0 aliphatic heterocycles. The first kappa shape index (κ1) is 14.0. The fraction of sp³-hybridized carbons (Fsp3) is 0.625. The van der Waals surface area contributed by atoms with Gasteiger partial charge in [0.2, 0.25) is 0 Å². The Hall–Kier alpha value is -0.470. The quantitative estimate of drug-likeness (QED) is 0.847. The van der Waals surface area contributed by atoms with Gasteiger partial charge < -0.3 is 5.73 Å². The zero-order chi connectivity index (χ0) is 13.0. The summed E-state index contributed by atoms with van der Waals surface area (Å²) < 4.78 is 0. The summed E-state index contributed by atoms with van der Waals surface area (Å²) >= 11 is 2.05. The predicted octanol–water partition coefficient (Wildman–Crippen LogP) is 4.77. The highest BCUT2D eigenvalue weighted by Gasteiger charge is 2.20. The first-order valence-electron chi connectivity index (χ1n) is 7.21. The smallest absolute Gasteiger partial charge is 0.0266 e. The summed E-state index contributed by atoms with van der Waals surface area (Å²) in [6.45, 7) is 4.38. The molecule has 0 saturated heterocycles. The minimum Gasteiger partial charge on any atom is -0.324 e. The fourth-order valence-corrected chi connectivity index (χ4v) is 3.98. The summed E-state index contributed by atoms with van der Waals surface area (Å²) in [4.78, 5) is 1.39. The van der Waals surface area contributed by atoms with Gasteiger partial charge >= 0.3 is 0 Å². The Morgan fingerprint density at radius 2 is 2.00 bits per heavy atom. The van der Waals surface area contributed by atoms with Gasteiger partial charge in [0.1, 0.15) is 0 Å². The van der Waals surface area contributed by atoms with Crippen LogP contribution in [0.2, 0.25) is 0 Å². The average molecular weight is 263 g/mol. The van der Waals surface area contributed by atoms with E-state index in [-0.39, 0.29) is 6.04 Å². The van der Waals surface area contributed by atoms with Crippen molar-refractivity contribution in [2.24, 2.45) is 11.7 Å². The Bertz CT molecular complexity index is 367. The number of nitrogens with two attached hydrogens (primary N) is 1. The largest absolute Gasteiger partial charge is 0.324 e. The Morgan fingerprint density at radius 3 is 2.61 bits per heavy atom. The van der Waals surface area contributed by atoms with Crippen LogP contribution in [0.5, 0.6) is 0 Å². The van der Waals surface area contributed by atoms with Gasteiger partial charge in [-0.15, -0.1) is 11.8 Å². The van der Waals surface area contributed by atoms with Crippen molar-refractivity contribution in [3.05, 3.63) is 29.8 Å². The van der Waals surface area contributed by atoms with Crippen LogP contribution in [-0.2, 0) is 0 Å². The van der Waals surface area contributed by atoms with Gasteiger partial charge in [-0.25, -0.2) is 0 Å². The molecule has 0 aromatic heterocycles. The second-order valence-corrected chi connectivity index (χ2v) is 6.90. The lowest BCUT2D eigenvalue weighted by Gasteiger charge is -2.27. The molecule has 1 aromatic rings. The van der Waals surface area contributed by atoms with Gasteiger partial charge in [0.25, 0.3) is 0 Å². The Labute approximate surface area is 116 Å². The SMILES string of the molecule is CCC1CCC(Sc2cccc(C(C)N)c2)CC1. The lowest BCUT2D eigenvalue weighted by Crippen LogP contribution is -2.15. The van der Waals surface area contributed by atoms with Crippen molar-refractivity contribution in [3.8, 4) is 0 Å². The number of thioether (sulfide) groups is 1. The van der Waals surface area contributed by atoms with Crippen molar-refractivity contribution in [1.82, 2.24) is 0 Å².